The van der Waals surface area contributed by atoms with Crippen LogP contribution in [0, 0.1) is 0 Å². The Kier molecular flexibility index (Phi) is 8.52. The lowest BCUT2D eigenvalue weighted by molar-refractivity contribution is -0.125. The van der Waals surface area contributed by atoms with Gasteiger partial charge in [-0.25, -0.2) is 0 Å². The van der Waals surface area contributed by atoms with Crippen molar-refractivity contribution in [2.45, 2.75) is 38.0 Å². The smallest absolute Gasteiger partial charge is 0.258 e. The number of piperidine rings is 1. The number of nitrogens with zero attached hydrogens (tertiary/aromatic N) is 2. The molecule has 41 heavy (non-hydrogen) atoms. The van der Waals surface area contributed by atoms with Crippen molar-refractivity contribution in [2.24, 2.45) is 0 Å². The van der Waals surface area contributed by atoms with E-state index in [1.165, 1.54) is 25.6 Å². The fourth-order valence-corrected chi connectivity index (χ4v) is 4.91. The van der Waals surface area contributed by atoms with E-state index in [1.807, 2.05) is 30.3 Å². The Bertz CT molecular complexity index is 1410. The third-order valence-electron chi connectivity index (χ3n) is 7.08. The number of hydrogen-bond donors (Lipinski definition) is 3. The number of carbonyl (C=O) groups is 3. The maximum atomic E-state index is 13.2. The van der Waals surface area contributed by atoms with Crippen LogP contribution in [0.3, 0.4) is 0 Å². The lowest BCUT2D eigenvalue weighted by atomic mass is 10.0. The van der Waals surface area contributed by atoms with E-state index in [2.05, 4.69) is 15.6 Å². The molecule has 3 N–H and O–H groups in total. The van der Waals surface area contributed by atoms with Crippen molar-refractivity contribution < 1.29 is 33.7 Å². The summed E-state index contributed by atoms with van der Waals surface area (Å²) >= 11 is 0. The Balaban J connectivity index is 1.37. The van der Waals surface area contributed by atoms with Crippen LogP contribution in [0.1, 0.15) is 34.3 Å². The number of aromatic hydroxyl groups is 1. The van der Waals surface area contributed by atoms with Gasteiger partial charge in [0.15, 0.2) is 18.1 Å². The van der Waals surface area contributed by atoms with Crippen molar-refractivity contribution in [3.8, 4) is 23.0 Å². The Morgan fingerprint density at radius 1 is 1.05 bits per heavy atom. The molecule has 5 aliphatic rings. The highest BCUT2D eigenvalue weighted by atomic mass is 16.5. The van der Waals surface area contributed by atoms with Gasteiger partial charge in [0.25, 0.3) is 11.8 Å². The Morgan fingerprint density at radius 3 is 2.63 bits per heavy atom. The van der Waals surface area contributed by atoms with Gasteiger partial charge in [-0.05, 0) is 47.9 Å². The molecule has 1 aromatic heterocycles. The van der Waals surface area contributed by atoms with Crippen molar-refractivity contribution in [1.29, 1.82) is 0 Å². The fraction of sp³-hybridized carbons (Fsp3) is 0.333. The van der Waals surface area contributed by atoms with Crippen LogP contribution in [0.15, 0.2) is 60.9 Å². The zero-order valence-electron chi connectivity index (χ0n) is 22.7. The van der Waals surface area contributed by atoms with Gasteiger partial charge < -0.3 is 34.9 Å². The van der Waals surface area contributed by atoms with Crippen LogP contribution in [0.5, 0.6) is 23.0 Å². The molecular weight excluding hydrogens is 528 g/mol. The number of methoxy groups -OCH3 is 1. The summed E-state index contributed by atoms with van der Waals surface area (Å²) in [6, 6.07) is 13.6. The van der Waals surface area contributed by atoms with Gasteiger partial charge in [-0.2, -0.15) is 0 Å². The van der Waals surface area contributed by atoms with E-state index in [9.17, 15) is 19.5 Å². The molecule has 6 heterocycles. The van der Waals surface area contributed by atoms with Crippen LogP contribution >= 0.6 is 0 Å². The second-order valence-electron chi connectivity index (χ2n) is 10.00. The number of likely N-dealkylation sites (tertiary alicyclic amines) is 1. The molecule has 214 valence electrons. The summed E-state index contributed by atoms with van der Waals surface area (Å²) < 4.78 is 17.5. The van der Waals surface area contributed by atoms with Gasteiger partial charge in [-0.3, -0.25) is 19.4 Å². The van der Waals surface area contributed by atoms with E-state index in [0.29, 0.717) is 49.6 Å². The molecule has 4 bridgehead atoms. The quantitative estimate of drug-likeness (QED) is 0.434. The standard InChI is InChI=1S/C30H32N4O7/c1-39-27-12-19-4-8-26(27)40-18-29(37)33-24-17-34(30(38)21-13-22(35)16-31-15-21)11-10-25(24)41-23-6-2-20(3-7-23)14-32-28(36)9-5-19/h2-4,6-8,12-13,15-16,24-25,35H,5,9-11,14,17-18H2,1H3,(H,32,36)(H,33,37)/t24-,25-/m1/s1. The molecule has 0 aliphatic carbocycles. The first-order chi connectivity index (χ1) is 19.9. The molecule has 2 aromatic carbocycles. The number of rotatable bonds is 2. The number of benzene rings is 2. The van der Waals surface area contributed by atoms with E-state index >= 15 is 0 Å². The van der Waals surface area contributed by atoms with Crippen LogP contribution in [0.4, 0.5) is 0 Å². The SMILES string of the molecule is COc1cc2ccc1OCC(=O)N[C@@H]1CN(C(=O)c3cncc(O)c3)CC[C@H]1Oc1ccc(cc1)CNC(=O)CC2. The van der Waals surface area contributed by atoms with E-state index in [1.54, 1.807) is 17.0 Å². The van der Waals surface area contributed by atoms with Gasteiger partial charge in [-0.15, -0.1) is 0 Å². The second-order valence-corrected chi connectivity index (χ2v) is 10.00. The largest absolute Gasteiger partial charge is 0.506 e. The lowest BCUT2D eigenvalue weighted by Crippen LogP contribution is -2.58. The molecule has 5 aliphatic heterocycles. The molecule has 11 heteroatoms. The maximum Gasteiger partial charge on any atom is 0.258 e. The van der Waals surface area contributed by atoms with Gasteiger partial charge in [0.1, 0.15) is 17.6 Å². The number of amides is 3. The molecule has 0 saturated carbocycles. The third-order valence-corrected chi connectivity index (χ3v) is 7.08. The summed E-state index contributed by atoms with van der Waals surface area (Å²) in [6.45, 7) is 0.682. The fourth-order valence-electron chi connectivity index (χ4n) is 4.91. The number of hydrogen-bond acceptors (Lipinski definition) is 8. The molecule has 0 radical (unpaired) electrons. The third kappa shape index (κ3) is 7.05. The number of aryl methyl sites for hydroxylation is 1. The van der Waals surface area contributed by atoms with Crippen LogP contribution in [0.25, 0.3) is 0 Å². The van der Waals surface area contributed by atoms with Gasteiger partial charge in [-0.1, -0.05) is 18.2 Å². The molecule has 1 saturated heterocycles. The molecular formula is C30H32N4O7. The number of aromatic nitrogens is 1. The normalized spacial score (nSPS) is 19.7. The number of carbonyl (C=O) groups excluding carboxylic acids is 3. The summed E-state index contributed by atoms with van der Waals surface area (Å²) in [6.07, 6.45) is 3.53. The first-order valence-corrected chi connectivity index (χ1v) is 13.4. The first-order valence-electron chi connectivity index (χ1n) is 13.4. The average Bonchev–Trinajstić information content (AvgIpc) is 2.98. The van der Waals surface area contributed by atoms with Crippen LogP contribution in [-0.2, 0) is 22.6 Å². The molecule has 8 rings (SSSR count). The molecule has 0 unspecified atom stereocenters. The van der Waals surface area contributed by atoms with Crippen molar-refractivity contribution >= 4 is 17.7 Å². The Labute approximate surface area is 237 Å². The minimum absolute atomic E-state index is 0.0682. The summed E-state index contributed by atoms with van der Waals surface area (Å²) in [4.78, 5) is 44.1. The number of nitrogens with one attached hydrogen (secondary N) is 2. The summed E-state index contributed by atoms with van der Waals surface area (Å²) in [7, 11) is 1.51. The first kappa shape index (κ1) is 27.8. The summed E-state index contributed by atoms with van der Waals surface area (Å²) in [5.41, 5.74) is 2.08. The lowest BCUT2D eigenvalue weighted by Gasteiger charge is -2.38. The zero-order valence-corrected chi connectivity index (χ0v) is 22.7. The van der Waals surface area contributed by atoms with Crippen LogP contribution in [-0.4, -0.2) is 71.7 Å². The Hall–Kier alpha value is -4.80. The predicted octanol–water partition coefficient (Wildman–Crippen LogP) is 2.22. The number of ether oxygens (including phenoxy) is 3. The zero-order chi connectivity index (χ0) is 28.8. The minimum atomic E-state index is -0.539. The van der Waals surface area contributed by atoms with Crippen molar-refractivity contribution in [3.05, 3.63) is 77.6 Å². The molecule has 1 fully saturated rings. The molecule has 2 atom stereocenters. The van der Waals surface area contributed by atoms with Gasteiger partial charge >= 0.3 is 0 Å². The van der Waals surface area contributed by atoms with Crippen molar-refractivity contribution in [1.82, 2.24) is 20.5 Å². The minimum Gasteiger partial charge on any atom is -0.506 e. The van der Waals surface area contributed by atoms with E-state index in [0.717, 1.165) is 11.1 Å². The number of pyridine rings is 1. The highest BCUT2D eigenvalue weighted by Crippen LogP contribution is 2.29. The van der Waals surface area contributed by atoms with E-state index in [-0.39, 0.29) is 42.2 Å². The van der Waals surface area contributed by atoms with E-state index < -0.39 is 12.1 Å². The molecule has 0 spiro atoms. The van der Waals surface area contributed by atoms with Crippen molar-refractivity contribution in [3.63, 3.8) is 0 Å². The van der Waals surface area contributed by atoms with Crippen LogP contribution < -0.4 is 24.8 Å². The maximum absolute atomic E-state index is 13.2. The summed E-state index contributed by atoms with van der Waals surface area (Å²) in [5.74, 6) is 0.602. The second kappa shape index (κ2) is 12.6. The van der Waals surface area contributed by atoms with E-state index in [4.69, 9.17) is 14.2 Å². The topological polar surface area (TPSA) is 139 Å². The average molecular weight is 561 g/mol. The predicted molar refractivity (Wildman–Crippen MR) is 148 cm³/mol. The molecule has 11 nitrogen and oxygen atoms in total. The molecule has 3 amide bonds. The molecule has 3 aromatic rings. The van der Waals surface area contributed by atoms with Crippen molar-refractivity contribution in [2.75, 3.05) is 26.8 Å². The van der Waals surface area contributed by atoms with Crippen LogP contribution in [0.2, 0.25) is 0 Å². The van der Waals surface area contributed by atoms with Gasteiger partial charge in [0.05, 0.1) is 24.9 Å². The highest BCUT2D eigenvalue weighted by molar-refractivity contribution is 5.94. The van der Waals surface area contributed by atoms with Gasteiger partial charge in [0, 0.05) is 38.7 Å². The highest BCUT2D eigenvalue weighted by Gasteiger charge is 2.35. The Morgan fingerprint density at radius 2 is 1.85 bits per heavy atom. The van der Waals surface area contributed by atoms with Gasteiger partial charge in [0.2, 0.25) is 5.91 Å². The summed E-state index contributed by atoms with van der Waals surface area (Å²) in [5, 5.41) is 15.7. The monoisotopic (exact) mass is 560 g/mol.